The molecule has 4 aromatic heterocycles. The van der Waals surface area contributed by atoms with Crippen molar-refractivity contribution in [2.24, 2.45) is 0 Å². The summed E-state index contributed by atoms with van der Waals surface area (Å²) < 4.78 is 3.80. The van der Waals surface area contributed by atoms with Gasteiger partial charge in [0, 0.05) is 6.20 Å². The van der Waals surface area contributed by atoms with Gasteiger partial charge in [-0.15, -0.1) is 0 Å². The van der Waals surface area contributed by atoms with Gasteiger partial charge in [-0.1, -0.05) is 0 Å². The van der Waals surface area contributed by atoms with Crippen LogP contribution in [0.25, 0.3) is 16.7 Å². The highest BCUT2D eigenvalue weighted by molar-refractivity contribution is 5.79. The second-order valence-corrected chi connectivity index (χ2v) is 6.60. The van der Waals surface area contributed by atoms with Gasteiger partial charge in [0.05, 0.1) is 29.0 Å². The lowest BCUT2D eigenvalue weighted by Crippen LogP contribution is -2.18. The first-order valence-corrected chi connectivity index (χ1v) is 8.48. The van der Waals surface area contributed by atoms with Gasteiger partial charge < -0.3 is 5.32 Å². The van der Waals surface area contributed by atoms with Crippen molar-refractivity contribution in [1.82, 2.24) is 34.3 Å². The first kappa shape index (κ1) is 14.3. The molecule has 1 saturated carbocycles. The van der Waals surface area contributed by atoms with Gasteiger partial charge in [-0.05, 0) is 44.7 Å². The molecular weight excluding hydrogens is 316 g/mol. The van der Waals surface area contributed by atoms with E-state index in [-0.39, 0.29) is 0 Å². The number of fused-ring (bicyclic) bond motifs is 2. The Labute approximate surface area is 143 Å². The highest BCUT2D eigenvalue weighted by atomic mass is 15.3. The molecule has 4 heterocycles. The lowest BCUT2D eigenvalue weighted by molar-refractivity contribution is 0.295. The molecule has 0 saturated heterocycles. The average Bonchev–Trinajstić information content (AvgIpc) is 3.11. The molecule has 0 aromatic carbocycles. The minimum Gasteiger partial charge on any atom is -0.323 e. The topological polar surface area (TPSA) is 85.8 Å². The third-order valence-electron chi connectivity index (χ3n) is 4.92. The third-order valence-corrected chi connectivity index (χ3v) is 4.92. The predicted molar refractivity (Wildman–Crippen MR) is 94.0 cm³/mol. The van der Waals surface area contributed by atoms with Gasteiger partial charge in [0.1, 0.15) is 6.33 Å². The molecule has 0 unspecified atom stereocenters. The van der Waals surface area contributed by atoms with E-state index < -0.39 is 0 Å². The third kappa shape index (κ3) is 2.25. The van der Waals surface area contributed by atoms with Crippen LogP contribution in [0.2, 0.25) is 0 Å². The van der Waals surface area contributed by atoms with Crippen molar-refractivity contribution < 1.29 is 0 Å². The maximum Gasteiger partial charge on any atom is 0.229 e. The first-order valence-electron chi connectivity index (χ1n) is 8.48. The Morgan fingerprint density at radius 3 is 2.88 bits per heavy atom. The molecule has 0 bridgehead atoms. The minimum atomic E-state index is 0.465. The van der Waals surface area contributed by atoms with E-state index in [9.17, 15) is 0 Å². The van der Waals surface area contributed by atoms with Crippen LogP contribution in [-0.2, 0) is 0 Å². The van der Waals surface area contributed by atoms with Gasteiger partial charge in [0.25, 0.3) is 0 Å². The van der Waals surface area contributed by atoms with E-state index in [1.165, 1.54) is 19.3 Å². The van der Waals surface area contributed by atoms with Crippen LogP contribution in [0.15, 0.2) is 24.8 Å². The zero-order chi connectivity index (χ0) is 17.0. The van der Waals surface area contributed by atoms with Crippen molar-refractivity contribution in [3.63, 3.8) is 0 Å². The Hall–Kier alpha value is -3.03. The Kier molecular flexibility index (Phi) is 3.00. The van der Waals surface area contributed by atoms with Crippen LogP contribution in [-0.4, -0.2) is 34.3 Å². The number of pyridine rings is 1. The van der Waals surface area contributed by atoms with E-state index in [2.05, 4.69) is 30.2 Å². The molecule has 1 N–H and O–H groups in total. The molecule has 1 fully saturated rings. The monoisotopic (exact) mass is 334 g/mol. The predicted octanol–water partition coefficient (Wildman–Crippen LogP) is 2.95. The minimum absolute atomic E-state index is 0.465. The van der Waals surface area contributed by atoms with E-state index in [0.29, 0.717) is 12.0 Å². The number of aryl methyl sites for hydroxylation is 2. The summed E-state index contributed by atoms with van der Waals surface area (Å²) in [6, 6.07) is 2.45. The fourth-order valence-electron chi connectivity index (χ4n) is 3.22. The Bertz CT molecular complexity index is 1090. The number of rotatable bonds is 3. The van der Waals surface area contributed by atoms with Crippen LogP contribution in [0.4, 0.5) is 11.6 Å². The van der Waals surface area contributed by atoms with E-state index in [1.807, 2.05) is 32.3 Å². The largest absolute Gasteiger partial charge is 0.323 e. The van der Waals surface area contributed by atoms with Crippen molar-refractivity contribution in [3.8, 4) is 0 Å². The SMILES string of the molecule is Cc1cc2ncnn2cc1Nc1ncc2c(C)nn(C3CCC3)c2n1. The molecule has 8 nitrogen and oxygen atoms in total. The highest BCUT2D eigenvalue weighted by Gasteiger charge is 2.24. The summed E-state index contributed by atoms with van der Waals surface area (Å²) in [5.74, 6) is 0.565. The van der Waals surface area contributed by atoms with E-state index in [0.717, 1.165) is 33.6 Å². The van der Waals surface area contributed by atoms with Crippen molar-refractivity contribution in [3.05, 3.63) is 36.0 Å². The smallest absolute Gasteiger partial charge is 0.229 e. The molecule has 0 radical (unpaired) electrons. The molecule has 5 rings (SSSR count). The average molecular weight is 334 g/mol. The van der Waals surface area contributed by atoms with Crippen molar-refractivity contribution in [2.75, 3.05) is 5.32 Å². The van der Waals surface area contributed by atoms with E-state index >= 15 is 0 Å². The summed E-state index contributed by atoms with van der Waals surface area (Å²) in [7, 11) is 0. The lowest BCUT2D eigenvalue weighted by Gasteiger charge is -2.25. The fourth-order valence-corrected chi connectivity index (χ4v) is 3.22. The summed E-state index contributed by atoms with van der Waals surface area (Å²) in [6.45, 7) is 4.04. The summed E-state index contributed by atoms with van der Waals surface area (Å²) in [5.41, 5.74) is 4.67. The molecule has 0 atom stereocenters. The molecule has 0 spiro atoms. The normalized spacial score (nSPS) is 15.0. The molecule has 1 aliphatic rings. The number of nitrogens with one attached hydrogen (secondary N) is 1. The highest BCUT2D eigenvalue weighted by Crippen LogP contribution is 2.34. The molecule has 0 aliphatic heterocycles. The molecule has 25 heavy (non-hydrogen) atoms. The maximum atomic E-state index is 4.74. The van der Waals surface area contributed by atoms with Crippen LogP contribution in [0, 0.1) is 13.8 Å². The number of hydrogen-bond donors (Lipinski definition) is 1. The van der Waals surface area contributed by atoms with Gasteiger partial charge in [-0.2, -0.15) is 15.2 Å². The summed E-state index contributed by atoms with van der Waals surface area (Å²) in [4.78, 5) is 13.4. The van der Waals surface area contributed by atoms with Crippen molar-refractivity contribution in [1.29, 1.82) is 0 Å². The molecule has 126 valence electrons. The van der Waals surface area contributed by atoms with Crippen LogP contribution in [0.5, 0.6) is 0 Å². The van der Waals surface area contributed by atoms with Crippen LogP contribution < -0.4 is 5.32 Å². The molecule has 1 aliphatic carbocycles. The lowest BCUT2D eigenvalue weighted by atomic mass is 9.93. The number of hydrogen-bond acceptors (Lipinski definition) is 6. The first-order chi connectivity index (χ1) is 12.2. The maximum absolute atomic E-state index is 4.74. The molecular formula is C17H18N8. The van der Waals surface area contributed by atoms with E-state index in [4.69, 9.17) is 4.98 Å². The van der Waals surface area contributed by atoms with Crippen molar-refractivity contribution in [2.45, 2.75) is 39.2 Å². The molecule has 4 aromatic rings. The zero-order valence-electron chi connectivity index (χ0n) is 14.1. The van der Waals surface area contributed by atoms with Crippen LogP contribution >= 0.6 is 0 Å². The van der Waals surface area contributed by atoms with Gasteiger partial charge in [-0.3, -0.25) is 0 Å². The molecule has 8 heteroatoms. The number of aromatic nitrogens is 7. The Morgan fingerprint density at radius 1 is 1.20 bits per heavy atom. The molecule has 0 amide bonds. The number of anilines is 2. The summed E-state index contributed by atoms with van der Waals surface area (Å²) >= 11 is 0. The zero-order valence-corrected chi connectivity index (χ0v) is 14.1. The number of nitrogens with zero attached hydrogens (tertiary/aromatic N) is 7. The van der Waals surface area contributed by atoms with Gasteiger partial charge in [-0.25, -0.2) is 19.2 Å². The second kappa shape index (κ2) is 5.23. The van der Waals surface area contributed by atoms with Gasteiger partial charge in [0.15, 0.2) is 11.3 Å². The Morgan fingerprint density at radius 2 is 2.08 bits per heavy atom. The Balaban J connectivity index is 1.56. The van der Waals surface area contributed by atoms with Gasteiger partial charge >= 0.3 is 0 Å². The van der Waals surface area contributed by atoms with Crippen LogP contribution in [0.1, 0.15) is 36.6 Å². The fraction of sp³-hybridized carbons (Fsp3) is 0.353. The quantitative estimate of drug-likeness (QED) is 0.620. The van der Waals surface area contributed by atoms with Crippen molar-refractivity contribution >= 4 is 28.3 Å². The van der Waals surface area contributed by atoms with E-state index in [1.54, 1.807) is 10.8 Å². The summed E-state index contributed by atoms with van der Waals surface area (Å²) in [5, 5.41) is 13.2. The standard InChI is InChI=1S/C17H18N8/c1-10-6-15-19-9-20-24(15)8-14(10)21-17-18-7-13-11(2)23-25(16(13)22-17)12-4-3-5-12/h6-9,12H,3-5H2,1-2H3,(H,18,21,22). The second-order valence-electron chi connectivity index (χ2n) is 6.60. The summed E-state index contributed by atoms with van der Waals surface area (Å²) in [6.07, 6.45) is 8.90. The van der Waals surface area contributed by atoms with Crippen LogP contribution in [0.3, 0.4) is 0 Å². The van der Waals surface area contributed by atoms with Gasteiger partial charge in [0.2, 0.25) is 5.95 Å².